The van der Waals surface area contributed by atoms with Crippen LogP contribution in [0.5, 0.6) is 0 Å². The van der Waals surface area contributed by atoms with Crippen molar-refractivity contribution in [2.45, 2.75) is 38.8 Å². The Morgan fingerprint density at radius 3 is 2.19 bits per heavy atom. The fourth-order valence-electron chi connectivity index (χ4n) is 2.82. The predicted molar refractivity (Wildman–Crippen MR) is 96.2 cm³/mol. The van der Waals surface area contributed by atoms with Gasteiger partial charge in [0.1, 0.15) is 5.82 Å². The summed E-state index contributed by atoms with van der Waals surface area (Å²) < 4.78 is 51.8. The second kappa shape index (κ2) is 7.66. The molecule has 2 rings (SSSR count). The Labute approximate surface area is 155 Å². The van der Waals surface area contributed by atoms with E-state index >= 15 is 0 Å². The van der Waals surface area contributed by atoms with E-state index < -0.39 is 23.2 Å². The van der Waals surface area contributed by atoms with Crippen molar-refractivity contribution in [3.63, 3.8) is 0 Å². The number of benzene rings is 1. The molecule has 0 aliphatic carbocycles. The van der Waals surface area contributed by atoms with E-state index in [0.29, 0.717) is 54.1 Å². The molecular weight excluding hydrogens is 368 g/mol. The van der Waals surface area contributed by atoms with Gasteiger partial charge in [0.25, 0.3) is 0 Å². The van der Waals surface area contributed by atoms with Gasteiger partial charge in [0, 0.05) is 36.5 Å². The zero-order chi connectivity index (χ0) is 19.7. The molecule has 3 nitrogen and oxygen atoms in total. The lowest BCUT2D eigenvalue weighted by Gasteiger charge is -2.39. The summed E-state index contributed by atoms with van der Waals surface area (Å²) in [6, 6.07) is 2.77. The molecule has 1 aromatic carbocycles. The molecule has 0 aromatic heterocycles. The number of nitrogens with zero attached hydrogens (tertiary/aromatic N) is 2. The van der Waals surface area contributed by atoms with Gasteiger partial charge < -0.3 is 9.80 Å². The molecular formula is C18H24F4N2OS. The lowest BCUT2D eigenvalue weighted by molar-refractivity contribution is -0.139. The van der Waals surface area contributed by atoms with Gasteiger partial charge in [-0.05, 0) is 24.6 Å². The zero-order valence-electron chi connectivity index (χ0n) is 15.4. The topological polar surface area (TPSA) is 23.6 Å². The van der Waals surface area contributed by atoms with Crippen molar-refractivity contribution >= 4 is 23.4 Å². The summed E-state index contributed by atoms with van der Waals surface area (Å²) in [6.45, 7) is 8.99. The minimum Gasteiger partial charge on any atom is -0.366 e. The molecule has 8 heteroatoms. The van der Waals surface area contributed by atoms with E-state index in [1.54, 1.807) is 16.7 Å². The monoisotopic (exact) mass is 392 g/mol. The lowest BCUT2D eigenvalue weighted by atomic mass is 9.94. The molecule has 1 amide bonds. The minimum absolute atomic E-state index is 0.0444. The average Bonchev–Trinajstić information content (AvgIpc) is 2.52. The van der Waals surface area contributed by atoms with Crippen LogP contribution < -0.4 is 4.90 Å². The molecule has 0 unspecified atom stereocenters. The first kappa shape index (κ1) is 20.9. The molecule has 0 N–H and O–H groups in total. The van der Waals surface area contributed by atoms with E-state index in [1.807, 2.05) is 20.8 Å². The van der Waals surface area contributed by atoms with Crippen molar-refractivity contribution in [2.75, 3.05) is 36.8 Å². The van der Waals surface area contributed by atoms with Crippen molar-refractivity contribution in [1.29, 1.82) is 0 Å². The molecule has 146 valence electrons. The summed E-state index contributed by atoms with van der Waals surface area (Å²) in [5, 5.41) is 0. The maximum atomic E-state index is 14.4. The first-order valence-corrected chi connectivity index (χ1v) is 9.41. The molecule has 0 radical (unpaired) electrons. The number of anilines is 1. The van der Waals surface area contributed by atoms with E-state index in [2.05, 4.69) is 0 Å². The minimum atomic E-state index is -4.27. The SMILES string of the molecule is Cc1cc(F)c(N2CCN(C(=O)C(C)(C)C)CC2)cc1SCC(F)(F)F. The number of rotatable bonds is 3. The van der Waals surface area contributed by atoms with Crippen molar-refractivity contribution in [3.05, 3.63) is 23.5 Å². The molecule has 1 aliphatic heterocycles. The van der Waals surface area contributed by atoms with Crippen LogP contribution in [-0.2, 0) is 4.79 Å². The Kier molecular flexibility index (Phi) is 6.15. The van der Waals surface area contributed by atoms with Gasteiger partial charge in [0.15, 0.2) is 0 Å². The Morgan fingerprint density at radius 2 is 1.69 bits per heavy atom. The number of halogens is 4. The maximum Gasteiger partial charge on any atom is 0.398 e. The highest BCUT2D eigenvalue weighted by molar-refractivity contribution is 7.99. The van der Waals surface area contributed by atoms with Gasteiger partial charge >= 0.3 is 6.18 Å². The largest absolute Gasteiger partial charge is 0.398 e. The summed E-state index contributed by atoms with van der Waals surface area (Å²) >= 11 is 0.667. The Hall–Kier alpha value is -1.44. The molecule has 1 aromatic rings. The summed E-state index contributed by atoms with van der Waals surface area (Å²) in [5.74, 6) is -1.41. The normalized spacial score (nSPS) is 16.2. The molecule has 0 saturated carbocycles. The van der Waals surface area contributed by atoms with Crippen LogP contribution in [0, 0.1) is 18.2 Å². The standard InChI is InChI=1S/C18H24F4N2OS/c1-12-9-13(19)14(10-15(12)26-11-18(20,21)22)23-5-7-24(8-6-23)16(25)17(2,3)4/h9-10H,5-8,11H2,1-4H3. The number of thioether (sulfide) groups is 1. The Bertz CT molecular complexity index is 662. The van der Waals surface area contributed by atoms with Gasteiger partial charge in [-0.25, -0.2) is 4.39 Å². The van der Waals surface area contributed by atoms with Crippen LogP contribution in [0.3, 0.4) is 0 Å². The second-order valence-corrected chi connectivity index (χ2v) is 8.52. The maximum absolute atomic E-state index is 14.4. The number of aryl methyl sites for hydroxylation is 1. The van der Waals surface area contributed by atoms with Crippen molar-refractivity contribution in [3.8, 4) is 0 Å². The van der Waals surface area contributed by atoms with Gasteiger partial charge in [-0.1, -0.05) is 20.8 Å². The van der Waals surface area contributed by atoms with Gasteiger partial charge in [-0.15, -0.1) is 11.8 Å². The zero-order valence-corrected chi connectivity index (χ0v) is 16.2. The van der Waals surface area contributed by atoms with Crippen molar-refractivity contribution in [1.82, 2.24) is 4.90 Å². The average molecular weight is 392 g/mol. The first-order valence-electron chi connectivity index (χ1n) is 8.42. The quantitative estimate of drug-likeness (QED) is 0.560. The lowest BCUT2D eigenvalue weighted by Crippen LogP contribution is -2.51. The van der Waals surface area contributed by atoms with Gasteiger partial charge in [-0.2, -0.15) is 13.2 Å². The highest BCUT2D eigenvalue weighted by atomic mass is 32.2. The van der Waals surface area contributed by atoms with Crippen molar-refractivity contribution < 1.29 is 22.4 Å². The number of carbonyl (C=O) groups excluding carboxylic acids is 1. The molecule has 26 heavy (non-hydrogen) atoms. The van der Waals surface area contributed by atoms with E-state index in [-0.39, 0.29) is 5.91 Å². The van der Waals surface area contributed by atoms with Gasteiger partial charge in [0.05, 0.1) is 11.4 Å². The van der Waals surface area contributed by atoms with Crippen LogP contribution in [0.25, 0.3) is 0 Å². The second-order valence-electron chi connectivity index (χ2n) is 7.50. The van der Waals surface area contributed by atoms with Crippen LogP contribution in [0.2, 0.25) is 0 Å². The molecule has 0 bridgehead atoms. The van der Waals surface area contributed by atoms with E-state index in [0.717, 1.165) is 0 Å². The van der Waals surface area contributed by atoms with E-state index in [4.69, 9.17) is 0 Å². The van der Waals surface area contributed by atoms with E-state index in [9.17, 15) is 22.4 Å². The third-order valence-electron chi connectivity index (χ3n) is 4.18. The van der Waals surface area contributed by atoms with Crippen LogP contribution >= 0.6 is 11.8 Å². The highest BCUT2D eigenvalue weighted by Gasteiger charge is 2.31. The van der Waals surface area contributed by atoms with Crippen LogP contribution in [-0.4, -0.2) is 48.9 Å². The summed E-state index contributed by atoms with van der Waals surface area (Å²) in [4.78, 5) is 16.3. The molecule has 1 aliphatic rings. The number of piperazine rings is 1. The molecule has 0 atom stereocenters. The molecule has 1 fully saturated rings. The van der Waals surface area contributed by atoms with Crippen LogP contribution in [0.15, 0.2) is 17.0 Å². The first-order chi connectivity index (χ1) is 11.9. The fourth-order valence-corrected chi connectivity index (χ4v) is 3.63. The Balaban J connectivity index is 2.11. The van der Waals surface area contributed by atoms with Gasteiger partial charge in [0.2, 0.25) is 5.91 Å². The number of hydrogen-bond acceptors (Lipinski definition) is 3. The number of amides is 1. The number of hydrogen-bond donors (Lipinski definition) is 0. The fraction of sp³-hybridized carbons (Fsp3) is 0.611. The number of carbonyl (C=O) groups is 1. The molecule has 1 saturated heterocycles. The van der Waals surface area contributed by atoms with Crippen LogP contribution in [0.1, 0.15) is 26.3 Å². The van der Waals surface area contributed by atoms with Gasteiger partial charge in [-0.3, -0.25) is 4.79 Å². The smallest absolute Gasteiger partial charge is 0.366 e. The molecule has 1 heterocycles. The van der Waals surface area contributed by atoms with Crippen LogP contribution in [0.4, 0.5) is 23.2 Å². The highest BCUT2D eigenvalue weighted by Crippen LogP contribution is 2.34. The third-order valence-corrected chi connectivity index (χ3v) is 5.41. The summed E-state index contributed by atoms with van der Waals surface area (Å²) in [7, 11) is 0. The van der Waals surface area contributed by atoms with E-state index in [1.165, 1.54) is 12.1 Å². The predicted octanol–water partition coefficient (Wildman–Crippen LogP) is 4.48. The number of alkyl halides is 3. The molecule has 0 spiro atoms. The van der Waals surface area contributed by atoms with Crippen molar-refractivity contribution in [2.24, 2.45) is 5.41 Å². The summed E-state index contributed by atoms with van der Waals surface area (Å²) in [6.07, 6.45) is -4.27. The Morgan fingerprint density at radius 1 is 1.12 bits per heavy atom. The summed E-state index contributed by atoms with van der Waals surface area (Å²) in [5.41, 5.74) is 0.309. The third kappa shape index (κ3) is 5.28.